The molecule has 3 rings (SSSR count). The van der Waals surface area contributed by atoms with Gasteiger partial charge in [-0.2, -0.15) is 0 Å². The summed E-state index contributed by atoms with van der Waals surface area (Å²) in [5.41, 5.74) is 1.85. The lowest BCUT2D eigenvalue weighted by Gasteiger charge is -2.32. The monoisotopic (exact) mass is 327 g/mol. The van der Waals surface area contributed by atoms with Crippen molar-refractivity contribution in [3.8, 4) is 0 Å². The molecule has 2 aliphatic rings. The van der Waals surface area contributed by atoms with Crippen molar-refractivity contribution in [3.63, 3.8) is 0 Å². The summed E-state index contributed by atoms with van der Waals surface area (Å²) in [6.45, 7) is 3.23. The average molecular weight is 327 g/mol. The standard InChI is InChI=1S/C19H25N3O2/c1-14-6-5-9-17(20-14)21-18(23)15-10-12-22(13-11-15)19(24)16-7-3-2-4-8-16/h5-7,9,15H,2-4,8,10-13H2,1H3,(H,20,21,23). The molecule has 128 valence electrons. The van der Waals surface area contributed by atoms with Crippen LogP contribution in [-0.2, 0) is 9.59 Å². The van der Waals surface area contributed by atoms with Crippen molar-refractivity contribution in [2.24, 2.45) is 5.92 Å². The molecule has 0 spiro atoms. The predicted molar refractivity (Wildman–Crippen MR) is 93.5 cm³/mol. The van der Waals surface area contributed by atoms with E-state index in [2.05, 4.69) is 16.4 Å². The second kappa shape index (κ2) is 7.60. The van der Waals surface area contributed by atoms with E-state index in [-0.39, 0.29) is 17.7 Å². The van der Waals surface area contributed by atoms with Gasteiger partial charge in [-0.25, -0.2) is 4.98 Å². The summed E-state index contributed by atoms with van der Waals surface area (Å²) in [6, 6.07) is 5.59. The van der Waals surface area contributed by atoms with Crippen molar-refractivity contribution in [3.05, 3.63) is 35.5 Å². The Labute approximate surface area is 143 Å². The Balaban J connectivity index is 1.52. The van der Waals surface area contributed by atoms with E-state index in [0.717, 1.165) is 43.4 Å². The van der Waals surface area contributed by atoms with E-state index in [1.54, 1.807) is 6.07 Å². The first kappa shape index (κ1) is 16.7. The molecular formula is C19H25N3O2. The molecule has 1 aromatic heterocycles. The molecule has 24 heavy (non-hydrogen) atoms. The van der Waals surface area contributed by atoms with Crippen LogP contribution in [-0.4, -0.2) is 34.8 Å². The van der Waals surface area contributed by atoms with Gasteiger partial charge in [0.15, 0.2) is 0 Å². The Bertz CT molecular complexity index is 646. The number of nitrogens with one attached hydrogen (secondary N) is 1. The number of aryl methyl sites for hydroxylation is 1. The third-order valence-corrected chi connectivity index (χ3v) is 4.86. The lowest BCUT2D eigenvalue weighted by atomic mass is 9.93. The Hall–Kier alpha value is -2.17. The van der Waals surface area contributed by atoms with Crippen molar-refractivity contribution >= 4 is 17.6 Å². The van der Waals surface area contributed by atoms with Gasteiger partial charge in [0.1, 0.15) is 5.82 Å². The fourth-order valence-corrected chi connectivity index (χ4v) is 3.42. The maximum atomic E-state index is 12.5. The number of anilines is 1. The molecule has 2 amide bonds. The maximum absolute atomic E-state index is 12.5. The van der Waals surface area contributed by atoms with E-state index in [4.69, 9.17) is 0 Å². The summed E-state index contributed by atoms with van der Waals surface area (Å²) < 4.78 is 0. The number of carbonyl (C=O) groups is 2. The first-order valence-electron chi connectivity index (χ1n) is 8.86. The van der Waals surface area contributed by atoms with Gasteiger partial charge in [0.05, 0.1) is 0 Å². The number of hydrogen-bond donors (Lipinski definition) is 1. The summed E-state index contributed by atoms with van der Waals surface area (Å²) in [7, 11) is 0. The molecule has 1 saturated heterocycles. The predicted octanol–water partition coefficient (Wildman–Crippen LogP) is 3.07. The van der Waals surface area contributed by atoms with E-state index < -0.39 is 0 Å². The first-order chi connectivity index (χ1) is 11.6. The molecule has 1 N–H and O–H groups in total. The van der Waals surface area contributed by atoms with Gasteiger partial charge in [0.25, 0.3) is 0 Å². The molecule has 1 aromatic rings. The van der Waals surface area contributed by atoms with Crippen LogP contribution in [0.4, 0.5) is 5.82 Å². The molecule has 0 radical (unpaired) electrons. The number of amides is 2. The summed E-state index contributed by atoms with van der Waals surface area (Å²) in [5, 5.41) is 2.90. The van der Waals surface area contributed by atoms with E-state index >= 15 is 0 Å². The number of rotatable bonds is 3. The van der Waals surface area contributed by atoms with Crippen LogP contribution in [0.2, 0.25) is 0 Å². The van der Waals surface area contributed by atoms with E-state index in [0.29, 0.717) is 18.9 Å². The molecular weight excluding hydrogens is 302 g/mol. The van der Waals surface area contributed by atoms with Crippen LogP contribution in [0.1, 0.15) is 44.2 Å². The second-order valence-corrected chi connectivity index (χ2v) is 6.70. The highest BCUT2D eigenvalue weighted by molar-refractivity contribution is 5.94. The Morgan fingerprint density at radius 1 is 1.21 bits per heavy atom. The SMILES string of the molecule is Cc1cccc(NC(=O)C2CCN(C(=O)C3=CCCCC3)CC2)n1. The number of hydrogen-bond acceptors (Lipinski definition) is 3. The molecule has 5 nitrogen and oxygen atoms in total. The van der Waals surface area contributed by atoms with Gasteiger partial charge in [-0.15, -0.1) is 0 Å². The van der Waals surface area contributed by atoms with Crippen LogP contribution in [0.5, 0.6) is 0 Å². The Morgan fingerprint density at radius 3 is 2.67 bits per heavy atom. The molecule has 0 atom stereocenters. The molecule has 0 bridgehead atoms. The first-order valence-corrected chi connectivity index (χ1v) is 8.86. The molecule has 0 aromatic carbocycles. The Morgan fingerprint density at radius 2 is 2.00 bits per heavy atom. The van der Waals surface area contributed by atoms with E-state index in [1.165, 1.54) is 6.42 Å². The molecule has 5 heteroatoms. The highest BCUT2D eigenvalue weighted by Crippen LogP contribution is 2.24. The minimum Gasteiger partial charge on any atom is -0.339 e. The summed E-state index contributed by atoms with van der Waals surface area (Å²) in [5.74, 6) is 0.744. The highest BCUT2D eigenvalue weighted by Gasteiger charge is 2.28. The largest absolute Gasteiger partial charge is 0.339 e. The third-order valence-electron chi connectivity index (χ3n) is 4.86. The molecule has 0 unspecified atom stereocenters. The van der Waals surface area contributed by atoms with Gasteiger partial charge >= 0.3 is 0 Å². The fraction of sp³-hybridized carbons (Fsp3) is 0.526. The zero-order valence-electron chi connectivity index (χ0n) is 14.3. The van der Waals surface area contributed by atoms with E-state index in [9.17, 15) is 9.59 Å². The van der Waals surface area contributed by atoms with Crippen LogP contribution in [0.3, 0.4) is 0 Å². The molecule has 1 fully saturated rings. The number of pyridine rings is 1. The minimum absolute atomic E-state index is 0.0112. The topological polar surface area (TPSA) is 62.3 Å². The number of nitrogens with zero attached hydrogens (tertiary/aromatic N) is 2. The number of allylic oxidation sites excluding steroid dienone is 1. The maximum Gasteiger partial charge on any atom is 0.249 e. The zero-order chi connectivity index (χ0) is 16.9. The van der Waals surface area contributed by atoms with Gasteiger partial charge in [0, 0.05) is 30.3 Å². The third kappa shape index (κ3) is 4.02. The molecule has 1 aliphatic carbocycles. The fourth-order valence-electron chi connectivity index (χ4n) is 3.42. The molecule has 1 aliphatic heterocycles. The molecule has 2 heterocycles. The summed E-state index contributed by atoms with van der Waals surface area (Å²) in [6.07, 6.45) is 7.75. The lowest BCUT2D eigenvalue weighted by Crippen LogP contribution is -2.42. The van der Waals surface area contributed by atoms with E-state index in [1.807, 2.05) is 24.0 Å². The quantitative estimate of drug-likeness (QED) is 0.928. The average Bonchev–Trinajstić information content (AvgIpc) is 2.62. The smallest absolute Gasteiger partial charge is 0.249 e. The zero-order valence-corrected chi connectivity index (χ0v) is 14.3. The summed E-state index contributed by atoms with van der Waals surface area (Å²) >= 11 is 0. The van der Waals surface area contributed by atoms with Crippen LogP contribution in [0.15, 0.2) is 29.8 Å². The second-order valence-electron chi connectivity index (χ2n) is 6.70. The summed E-state index contributed by atoms with van der Waals surface area (Å²) in [4.78, 5) is 31.1. The van der Waals surface area contributed by atoms with Gasteiger partial charge in [-0.3, -0.25) is 9.59 Å². The minimum atomic E-state index is -0.0447. The van der Waals surface area contributed by atoms with Crippen molar-refractivity contribution in [1.82, 2.24) is 9.88 Å². The normalized spacial score (nSPS) is 18.9. The van der Waals surface area contributed by atoms with Gasteiger partial charge < -0.3 is 10.2 Å². The lowest BCUT2D eigenvalue weighted by molar-refractivity contribution is -0.131. The van der Waals surface area contributed by atoms with Crippen LogP contribution in [0, 0.1) is 12.8 Å². The van der Waals surface area contributed by atoms with Gasteiger partial charge in [-0.05, 0) is 57.6 Å². The van der Waals surface area contributed by atoms with Crippen LogP contribution in [0.25, 0.3) is 0 Å². The molecule has 0 saturated carbocycles. The van der Waals surface area contributed by atoms with Crippen LogP contribution >= 0.6 is 0 Å². The van der Waals surface area contributed by atoms with Crippen molar-refractivity contribution in [1.29, 1.82) is 0 Å². The van der Waals surface area contributed by atoms with Gasteiger partial charge in [0.2, 0.25) is 11.8 Å². The van der Waals surface area contributed by atoms with Crippen molar-refractivity contribution in [2.45, 2.75) is 45.4 Å². The number of piperidine rings is 1. The van der Waals surface area contributed by atoms with Crippen molar-refractivity contribution < 1.29 is 9.59 Å². The number of aromatic nitrogens is 1. The Kier molecular flexibility index (Phi) is 5.28. The number of likely N-dealkylation sites (tertiary alicyclic amines) is 1. The highest BCUT2D eigenvalue weighted by atomic mass is 16.2. The number of carbonyl (C=O) groups excluding carboxylic acids is 2. The van der Waals surface area contributed by atoms with Crippen LogP contribution < -0.4 is 5.32 Å². The van der Waals surface area contributed by atoms with Crippen molar-refractivity contribution in [2.75, 3.05) is 18.4 Å². The van der Waals surface area contributed by atoms with Gasteiger partial charge in [-0.1, -0.05) is 12.1 Å².